The Morgan fingerprint density at radius 3 is 2.68 bits per heavy atom. The molecule has 1 aliphatic heterocycles. The quantitative estimate of drug-likeness (QED) is 0.670. The average Bonchev–Trinajstić information content (AvgIpc) is 2.99. The van der Waals surface area contributed by atoms with Gasteiger partial charge in [-0.1, -0.05) is 18.2 Å². The number of aromatic carboxylic acids is 1. The number of hydrogen-bond acceptors (Lipinski definition) is 2. The summed E-state index contributed by atoms with van der Waals surface area (Å²) in [6, 6.07) is 14.2. The molecule has 2 amide bonds. The van der Waals surface area contributed by atoms with Crippen LogP contribution in [0.25, 0.3) is 10.9 Å². The SMILES string of the molecule is O=C(O)c1ccc2[nH]c3c(c2c1)CN(C(=O)Nc1ccccc1)CC3. The number of nitrogens with zero attached hydrogens (tertiary/aromatic N) is 1. The van der Waals surface area contributed by atoms with E-state index in [2.05, 4.69) is 10.3 Å². The first-order valence-corrected chi connectivity index (χ1v) is 8.09. The van der Waals surface area contributed by atoms with Gasteiger partial charge in [0, 0.05) is 47.4 Å². The zero-order valence-electron chi connectivity index (χ0n) is 13.5. The number of carboxylic acids is 1. The third-order valence-electron chi connectivity index (χ3n) is 4.53. The number of H-pyrrole nitrogens is 1. The number of carbonyl (C=O) groups excluding carboxylic acids is 1. The predicted molar refractivity (Wildman–Crippen MR) is 94.8 cm³/mol. The average molecular weight is 335 g/mol. The third-order valence-corrected chi connectivity index (χ3v) is 4.53. The van der Waals surface area contributed by atoms with Gasteiger partial charge in [-0.15, -0.1) is 0 Å². The van der Waals surface area contributed by atoms with Crippen LogP contribution in [0.15, 0.2) is 48.5 Å². The number of nitrogens with one attached hydrogen (secondary N) is 2. The largest absolute Gasteiger partial charge is 0.478 e. The molecule has 1 aliphatic rings. The van der Waals surface area contributed by atoms with E-state index in [4.69, 9.17) is 0 Å². The number of amides is 2. The first-order valence-electron chi connectivity index (χ1n) is 8.09. The number of urea groups is 1. The molecule has 2 heterocycles. The summed E-state index contributed by atoms with van der Waals surface area (Å²) in [4.78, 5) is 28.8. The number of rotatable bonds is 2. The lowest BCUT2D eigenvalue weighted by Crippen LogP contribution is -2.38. The van der Waals surface area contributed by atoms with Crippen molar-refractivity contribution in [1.29, 1.82) is 0 Å². The second kappa shape index (κ2) is 5.98. The third kappa shape index (κ3) is 2.82. The van der Waals surface area contributed by atoms with E-state index in [1.165, 1.54) is 0 Å². The van der Waals surface area contributed by atoms with Crippen molar-refractivity contribution in [3.05, 3.63) is 65.4 Å². The molecule has 0 bridgehead atoms. The Labute approximate surface area is 144 Å². The Balaban J connectivity index is 1.61. The van der Waals surface area contributed by atoms with E-state index in [0.717, 1.165) is 27.8 Å². The molecule has 6 nitrogen and oxygen atoms in total. The lowest BCUT2D eigenvalue weighted by atomic mass is 10.0. The van der Waals surface area contributed by atoms with E-state index < -0.39 is 5.97 Å². The number of aromatic nitrogens is 1. The van der Waals surface area contributed by atoms with Gasteiger partial charge in [-0.2, -0.15) is 0 Å². The van der Waals surface area contributed by atoms with E-state index in [9.17, 15) is 14.7 Å². The summed E-state index contributed by atoms with van der Waals surface area (Å²) in [5.41, 5.74) is 3.97. The first kappa shape index (κ1) is 15.3. The molecule has 3 aromatic rings. The van der Waals surface area contributed by atoms with Crippen LogP contribution >= 0.6 is 0 Å². The minimum Gasteiger partial charge on any atom is -0.478 e. The van der Waals surface area contributed by atoms with Gasteiger partial charge in [-0.05, 0) is 30.3 Å². The highest BCUT2D eigenvalue weighted by atomic mass is 16.4. The van der Waals surface area contributed by atoms with Crippen molar-refractivity contribution in [3.63, 3.8) is 0 Å². The molecule has 6 heteroatoms. The smallest absolute Gasteiger partial charge is 0.335 e. The van der Waals surface area contributed by atoms with Crippen molar-refractivity contribution in [1.82, 2.24) is 9.88 Å². The zero-order chi connectivity index (χ0) is 17.4. The minimum atomic E-state index is -0.952. The lowest BCUT2D eigenvalue weighted by Gasteiger charge is -2.27. The summed E-state index contributed by atoms with van der Waals surface area (Å²) in [7, 11) is 0. The van der Waals surface area contributed by atoms with E-state index in [1.807, 2.05) is 30.3 Å². The summed E-state index contributed by atoms with van der Waals surface area (Å²) in [6.07, 6.45) is 0.717. The minimum absolute atomic E-state index is 0.152. The molecule has 0 fully saturated rings. The maximum absolute atomic E-state index is 12.5. The molecule has 4 rings (SSSR count). The first-order chi connectivity index (χ1) is 12.1. The number of benzene rings is 2. The van der Waals surface area contributed by atoms with Crippen LogP contribution in [0.5, 0.6) is 0 Å². The summed E-state index contributed by atoms with van der Waals surface area (Å²) in [5.74, 6) is -0.952. The van der Waals surface area contributed by atoms with Crippen LogP contribution < -0.4 is 5.32 Å². The molecule has 0 unspecified atom stereocenters. The maximum atomic E-state index is 12.5. The number of anilines is 1. The standard InChI is InChI=1S/C19H17N3O3/c23-18(24)12-6-7-16-14(10-12)15-11-22(9-8-17(15)21-16)19(25)20-13-4-2-1-3-5-13/h1-7,10,21H,8-9,11H2,(H,20,25)(H,23,24). The summed E-state index contributed by atoms with van der Waals surface area (Å²) in [6.45, 7) is 1.07. The second-order valence-electron chi connectivity index (χ2n) is 6.12. The van der Waals surface area contributed by atoms with E-state index in [0.29, 0.717) is 19.5 Å². The lowest BCUT2D eigenvalue weighted by molar-refractivity contribution is 0.0697. The molecule has 0 spiro atoms. The summed E-state index contributed by atoms with van der Waals surface area (Å²) >= 11 is 0. The Kier molecular flexibility index (Phi) is 3.65. The van der Waals surface area contributed by atoms with Crippen LogP contribution in [0.3, 0.4) is 0 Å². The van der Waals surface area contributed by atoms with Gasteiger partial charge in [0.2, 0.25) is 0 Å². The molecule has 0 saturated carbocycles. The molecule has 1 aromatic heterocycles. The number of carbonyl (C=O) groups is 2. The van der Waals surface area contributed by atoms with Crippen LogP contribution in [-0.2, 0) is 13.0 Å². The Hall–Kier alpha value is -3.28. The van der Waals surface area contributed by atoms with Crippen molar-refractivity contribution >= 4 is 28.6 Å². The van der Waals surface area contributed by atoms with Gasteiger partial charge in [0.15, 0.2) is 0 Å². The fourth-order valence-electron chi connectivity index (χ4n) is 3.24. The van der Waals surface area contributed by atoms with Gasteiger partial charge < -0.3 is 20.3 Å². The number of fused-ring (bicyclic) bond motifs is 3. The van der Waals surface area contributed by atoms with Gasteiger partial charge >= 0.3 is 12.0 Å². The molecule has 126 valence electrons. The zero-order valence-corrected chi connectivity index (χ0v) is 13.5. The van der Waals surface area contributed by atoms with Gasteiger partial charge in [0.25, 0.3) is 0 Å². The molecule has 2 aromatic carbocycles. The highest BCUT2D eigenvalue weighted by molar-refractivity contribution is 5.96. The van der Waals surface area contributed by atoms with Crippen LogP contribution in [-0.4, -0.2) is 33.5 Å². The highest BCUT2D eigenvalue weighted by Crippen LogP contribution is 2.29. The van der Waals surface area contributed by atoms with E-state index >= 15 is 0 Å². The van der Waals surface area contributed by atoms with Crippen molar-refractivity contribution in [2.75, 3.05) is 11.9 Å². The van der Waals surface area contributed by atoms with Crippen LogP contribution in [0.4, 0.5) is 10.5 Å². The molecule has 25 heavy (non-hydrogen) atoms. The maximum Gasteiger partial charge on any atom is 0.335 e. The Morgan fingerprint density at radius 2 is 1.92 bits per heavy atom. The topological polar surface area (TPSA) is 85.4 Å². The van der Waals surface area contributed by atoms with E-state index in [-0.39, 0.29) is 11.6 Å². The normalized spacial score (nSPS) is 13.5. The summed E-state index contributed by atoms with van der Waals surface area (Å²) in [5, 5.41) is 13.0. The molecule has 0 radical (unpaired) electrons. The second-order valence-corrected chi connectivity index (χ2v) is 6.12. The van der Waals surface area contributed by atoms with E-state index in [1.54, 1.807) is 23.1 Å². The van der Waals surface area contributed by atoms with Gasteiger partial charge in [0.1, 0.15) is 0 Å². The molecular weight excluding hydrogens is 318 g/mol. The molecule has 0 atom stereocenters. The van der Waals surface area contributed by atoms with Crippen molar-refractivity contribution in [3.8, 4) is 0 Å². The van der Waals surface area contributed by atoms with Crippen molar-refractivity contribution in [2.24, 2.45) is 0 Å². The van der Waals surface area contributed by atoms with Crippen LogP contribution in [0, 0.1) is 0 Å². The van der Waals surface area contributed by atoms with Crippen LogP contribution in [0.1, 0.15) is 21.6 Å². The number of para-hydroxylation sites is 1. The monoisotopic (exact) mass is 335 g/mol. The molecule has 0 saturated heterocycles. The Morgan fingerprint density at radius 1 is 1.12 bits per heavy atom. The molecular formula is C19H17N3O3. The fraction of sp³-hybridized carbons (Fsp3) is 0.158. The van der Waals surface area contributed by atoms with Crippen molar-refractivity contribution < 1.29 is 14.7 Å². The summed E-state index contributed by atoms with van der Waals surface area (Å²) < 4.78 is 0. The van der Waals surface area contributed by atoms with Crippen molar-refractivity contribution in [2.45, 2.75) is 13.0 Å². The van der Waals surface area contributed by atoms with Crippen LogP contribution in [0.2, 0.25) is 0 Å². The number of aromatic amines is 1. The van der Waals surface area contributed by atoms with Gasteiger partial charge in [0.05, 0.1) is 5.56 Å². The molecule has 3 N–H and O–H groups in total. The Bertz CT molecular complexity index is 963. The number of carboxylic acid groups (broad SMARTS) is 1. The highest BCUT2D eigenvalue weighted by Gasteiger charge is 2.24. The number of hydrogen-bond donors (Lipinski definition) is 3. The predicted octanol–water partition coefficient (Wildman–Crippen LogP) is 3.46. The fourth-order valence-corrected chi connectivity index (χ4v) is 3.24. The van der Waals surface area contributed by atoms with Gasteiger partial charge in [-0.25, -0.2) is 9.59 Å². The molecule has 0 aliphatic carbocycles. The van der Waals surface area contributed by atoms with Gasteiger partial charge in [-0.3, -0.25) is 0 Å².